The van der Waals surface area contributed by atoms with Crippen LogP contribution in [-0.4, -0.2) is 17.5 Å². The summed E-state index contributed by atoms with van der Waals surface area (Å²) in [5.74, 6) is 0.672. The summed E-state index contributed by atoms with van der Waals surface area (Å²) >= 11 is 5.98. The largest absolute Gasteiger partial charge is 0.398 e. The van der Waals surface area contributed by atoms with E-state index in [1.165, 1.54) is 18.4 Å². The van der Waals surface area contributed by atoms with Crippen LogP contribution in [0.2, 0.25) is 5.02 Å². The fourth-order valence-electron chi connectivity index (χ4n) is 2.54. The zero-order valence-electron chi connectivity index (χ0n) is 12.6. The van der Waals surface area contributed by atoms with Crippen LogP contribution in [0, 0.1) is 5.92 Å². The summed E-state index contributed by atoms with van der Waals surface area (Å²) in [7, 11) is 0. The van der Waals surface area contributed by atoms with E-state index in [4.69, 9.17) is 17.3 Å². The van der Waals surface area contributed by atoms with Gasteiger partial charge in [-0.25, -0.2) is 0 Å². The number of anilines is 1. The topological polar surface area (TPSA) is 29.3 Å². The summed E-state index contributed by atoms with van der Waals surface area (Å²) in [5.41, 5.74) is 7.81. The molecule has 1 rings (SSSR count). The Morgan fingerprint density at radius 3 is 2.32 bits per heavy atom. The molecule has 0 atom stereocenters. The van der Waals surface area contributed by atoms with Crippen molar-refractivity contribution < 1.29 is 0 Å². The highest BCUT2D eigenvalue weighted by Crippen LogP contribution is 2.22. The smallest absolute Gasteiger partial charge is 0.0635 e. The Labute approximate surface area is 122 Å². The Bertz CT molecular complexity index is 386. The van der Waals surface area contributed by atoms with Crippen LogP contribution in [0.15, 0.2) is 18.2 Å². The second-order valence-electron chi connectivity index (χ2n) is 5.65. The van der Waals surface area contributed by atoms with Crippen LogP contribution < -0.4 is 5.73 Å². The van der Waals surface area contributed by atoms with Crippen LogP contribution in [0.5, 0.6) is 0 Å². The van der Waals surface area contributed by atoms with E-state index in [0.717, 1.165) is 13.1 Å². The van der Waals surface area contributed by atoms with Gasteiger partial charge < -0.3 is 5.73 Å². The molecule has 0 unspecified atom stereocenters. The quantitative estimate of drug-likeness (QED) is 0.742. The van der Waals surface area contributed by atoms with E-state index in [2.05, 4.69) is 38.7 Å². The molecule has 1 aromatic rings. The molecule has 0 aromatic heterocycles. The SMILES string of the molecule is CCC(CC)N(Cc1ccc(Cl)c(N)c1)CC(C)C. The van der Waals surface area contributed by atoms with Gasteiger partial charge in [0.2, 0.25) is 0 Å². The van der Waals surface area contributed by atoms with Crippen LogP contribution in [0.3, 0.4) is 0 Å². The molecule has 0 saturated carbocycles. The van der Waals surface area contributed by atoms with Crippen molar-refractivity contribution in [3.05, 3.63) is 28.8 Å². The Morgan fingerprint density at radius 1 is 1.21 bits per heavy atom. The van der Waals surface area contributed by atoms with Gasteiger partial charge in [0.05, 0.1) is 10.7 Å². The first-order valence-corrected chi connectivity index (χ1v) is 7.63. The predicted molar refractivity (Wildman–Crippen MR) is 85.5 cm³/mol. The maximum Gasteiger partial charge on any atom is 0.0635 e. The maximum absolute atomic E-state index is 5.98. The van der Waals surface area contributed by atoms with E-state index in [1.54, 1.807) is 0 Å². The molecule has 0 spiro atoms. The molecule has 0 aliphatic rings. The van der Waals surface area contributed by atoms with E-state index in [-0.39, 0.29) is 0 Å². The van der Waals surface area contributed by atoms with Gasteiger partial charge >= 0.3 is 0 Å². The average Bonchev–Trinajstić information content (AvgIpc) is 2.34. The lowest BCUT2D eigenvalue weighted by molar-refractivity contribution is 0.157. The summed E-state index contributed by atoms with van der Waals surface area (Å²) in [4.78, 5) is 2.56. The van der Waals surface area contributed by atoms with E-state index in [0.29, 0.717) is 22.7 Å². The van der Waals surface area contributed by atoms with Gasteiger partial charge in [-0.3, -0.25) is 4.90 Å². The molecule has 0 saturated heterocycles. The number of rotatable bonds is 7. The van der Waals surface area contributed by atoms with Crippen molar-refractivity contribution in [2.45, 2.75) is 53.1 Å². The molecule has 108 valence electrons. The molecule has 0 bridgehead atoms. The molecule has 0 aliphatic carbocycles. The molecule has 0 amide bonds. The second-order valence-corrected chi connectivity index (χ2v) is 6.06. The molecule has 0 radical (unpaired) electrons. The van der Waals surface area contributed by atoms with Gasteiger partial charge in [-0.15, -0.1) is 0 Å². The lowest BCUT2D eigenvalue weighted by atomic mass is 10.1. The number of halogens is 1. The number of nitrogens with zero attached hydrogens (tertiary/aromatic N) is 1. The van der Waals surface area contributed by atoms with Crippen molar-refractivity contribution in [2.24, 2.45) is 5.92 Å². The maximum atomic E-state index is 5.98. The number of hydrogen-bond acceptors (Lipinski definition) is 2. The second kappa shape index (κ2) is 7.76. The molecule has 0 aliphatic heterocycles. The van der Waals surface area contributed by atoms with Gasteiger partial charge in [-0.1, -0.05) is 45.4 Å². The monoisotopic (exact) mass is 282 g/mol. The summed E-state index contributed by atoms with van der Waals surface area (Å²) in [6, 6.07) is 6.61. The highest BCUT2D eigenvalue weighted by Gasteiger charge is 2.16. The molecule has 19 heavy (non-hydrogen) atoms. The van der Waals surface area contributed by atoms with Crippen molar-refractivity contribution in [3.8, 4) is 0 Å². The third-order valence-corrected chi connectivity index (χ3v) is 3.85. The Hall–Kier alpha value is -0.730. The molecule has 1 aromatic carbocycles. The minimum absolute atomic E-state index is 0.638. The third-order valence-electron chi connectivity index (χ3n) is 3.50. The van der Waals surface area contributed by atoms with Crippen LogP contribution in [-0.2, 0) is 6.54 Å². The Kier molecular flexibility index (Phi) is 6.67. The first kappa shape index (κ1) is 16.3. The summed E-state index contributed by atoms with van der Waals surface area (Å²) < 4.78 is 0. The molecule has 0 fully saturated rings. The van der Waals surface area contributed by atoms with Crippen molar-refractivity contribution >= 4 is 17.3 Å². The van der Waals surface area contributed by atoms with Crippen LogP contribution in [0.4, 0.5) is 5.69 Å². The fourth-order valence-corrected chi connectivity index (χ4v) is 2.66. The van der Waals surface area contributed by atoms with Crippen molar-refractivity contribution in [1.82, 2.24) is 4.90 Å². The highest BCUT2D eigenvalue weighted by atomic mass is 35.5. The predicted octanol–water partition coefficient (Wildman–Crippen LogP) is 4.57. The van der Waals surface area contributed by atoms with E-state index < -0.39 is 0 Å². The first-order chi connectivity index (χ1) is 8.97. The number of nitrogen functional groups attached to an aromatic ring is 1. The van der Waals surface area contributed by atoms with Crippen molar-refractivity contribution in [1.29, 1.82) is 0 Å². The number of benzene rings is 1. The number of hydrogen-bond donors (Lipinski definition) is 1. The lowest BCUT2D eigenvalue weighted by Crippen LogP contribution is -2.36. The highest BCUT2D eigenvalue weighted by molar-refractivity contribution is 6.33. The fraction of sp³-hybridized carbons (Fsp3) is 0.625. The average molecular weight is 283 g/mol. The first-order valence-electron chi connectivity index (χ1n) is 7.25. The van der Waals surface area contributed by atoms with E-state index in [9.17, 15) is 0 Å². The zero-order chi connectivity index (χ0) is 14.4. The minimum atomic E-state index is 0.638. The summed E-state index contributed by atoms with van der Waals surface area (Å²) in [5, 5.41) is 0.640. The Morgan fingerprint density at radius 2 is 1.84 bits per heavy atom. The molecular formula is C16H27ClN2. The molecular weight excluding hydrogens is 256 g/mol. The van der Waals surface area contributed by atoms with Crippen LogP contribution in [0.1, 0.15) is 46.1 Å². The Balaban J connectivity index is 2.83. The van der Waals surface area contributed by atoms with Crippen molar-refractivity contribution in [3.63, 3.8) is 0 Å². The standard InChI is InChI=1S/C16H27ClN2/c1-5-14(6-2)19(10-12(3)4)11-13-7-8-15(17)16(18)9-13/h7-9,12,14H,5-6,10-11,18H2,1-4H3. The molecule has 3 heteroatoms. The lowest BCUT2D eigenvalue weighted by Gasteiger charge is -2.32. The summed E-state index contributed by atoms with van der Waals surface area (Å²) in [6.45, 7) is 11.1. The normalized spacial score (nSPS) is 11.8. The molecule has 2 nitrogen and oxygen atoms in total. The van der Waals surface area contributed by atoms with Crippen molar-refractivity contribution in [2.75, 3.05) is 12.3 Å². The summed E-state index contributed by atoms with van der Waals surface area (Å²) in [6.07, 6.45) is 2.37. The van der Waals surface area contributed by atoms with Gasteiger partial charge in [-0.05, 0) is 36.5 Å². The van der Waals surface area contributed by atoms with Gasteiger partial charge in [0.15, 0.2) is 0 Å². The molecule has 2 N–H and O–H groups in total. The van der Waals surface area contributed by atoms with Crippen LogP contribution >= 0.6 is 11.6 Å². The van der Waals surface area contributed by atoms with Gasteiger partial charge in [0, 0.05) is 19.1 Å². The van der Waals surface area contributed by atoms with E-state index in [1.807, 2.05) is 12.1 Å². The zero-order valence-corrected chi connectivity index (χ0v) is 13.4. The van der Waals surface area contributed by atoms with Gasteiger partial charge in [0.1, 0.15) is 0 Å². The van der Waals surface area contributed by atoms with Gasteiger partial charge in [-0.2, -0.15) is 0 Å². The minimum Gasteiger partial charge on any atom is -0.398 e. The van der Waals surface area contributed by atoms with E-state index >= 15 is 0 Å². The molecule has 0 heterocycles. The van der Waals surface area contributed by atoms with Gasteiger partial charge in [0.25, 0.3) is 0 Å². The third kappa shape index (κ3) is 5.04. The van der Waals surface area contributed by atoms with Crippen LogP contribution in [0.25, 0.3) is 0 Å². The number of nitrogens with two attached hydrogens (primary N) is 1.